The highest BCUT2D eigenvalue weighted by Gasteiger charge is 2.39. The van der Waals surface area contributed by atoms with Gasteiger partial charge in [0.05, 0.1) is 12.0 Å². The Morgan fingerprint density at radius 1 is 1.15 bits per heavy atom. The third-order valence-corrected chi connectivity index (χ3v) is 6.09. The molecule has 2 aliphatic carbocycles. The molecule has 142 valence electrons. The van der Waals surface area contributed by atoms with Crippen molar-refractivity contribution in [1.29, 1.82) is 0 Å². The summed E-state index contributed by atoms with van der Waals surface area (Å²) in [5.74, 6) is -0.0142. The number of nitrogens with two attached hydrogens (primary N) is 1. The Morgan fingerprint density at radius 3 is 2.69 bits per heavy atom. The number of anilines is 1. The predicted octanol–water partition coefficient (Wildman–Crippen LogP) is 2.98. The Bertz CT molecular complexity index is 688. The van der Waals surface area contributed by atoms with E-state index in [1.165, 1.54) is 24.0 Å². The molecule has 2 amide bonds. The van der Waals surface area contributed by atoms with Crippen molar-refractivity contribution in [1.82, 2.24) is 10.2 Å². The van der Waals surface area contributed by atoms with Gasteiger partial charge in [-0.2, -0.15) is 0 Å². The summed E-state index contributed by atoms with van der Waals surface area (Å²) in [6.45, 7) is 0.594. The van der Waals surface area contributed by atoms with Crippen LogP contribution in [0.25, 0.3) is 0 Å². The van der Waals surface area contributed by atoms with Gasteiger partial charge in [-0.15, -0.1) is 12.4 Å². The molecule has 4 rings (SSSR count). The highest BCUT2D eigenvalue weighted by Crippen LogP contribution is 2.33. The maximum Gasteiger partial charge on any atom is 0.225 e. The Morgan fingerprint density at radius 2 is 1.92 bits per heavy atom. The molecule has 0 spiro atoms. The number of nitrogens with zero attached hydrogens (tertiary/aromatic N) is 1. The summed E-state index contributed by atoms with van der Waals surface area (Å²) in [5, 5.41) is 3.21. The second-order valence-corrected chi connectivity index (χ2v) is 7.80. The first-order chi connectivity index (χ1) is 12.1. The van der Waals surface area contributed by atoms with Crippen LogP contribution >= 0.6 is 12.4 Å². The molecule has 3 N–H and O–H groups in total. The molecule has 6 heteroatoms. The minimum absolute atomic E-state index is 0. The number of nitrogen functional groups attached to an aromatic ring is 1. The van der Waals surface area contributed by atoms with Crippen LogP contribution in [-0.2, 0) is 16.0 Å². The van der Waals surface area contributed by atoms with Crippen LogP contribution < -0.4 is 11.1 Å². The van der Waals surface area contributed by atoms with Gasteiger partial charge in [0, 0.05) is 24.7 Å². The number of benzene rings is 1. The molecule has 1 saturated carbocycles. The average molecular weight is 378 g/mol. The van der Waals surface area contributed by atoms with Gasteiger partial charge < -0.3 is 16.0 Å². The molecule has 0 aromatic heterocycles. The lowest BCUT2D eigenvalue weighted by molar-refractivity contribution is -0.130. The van der Waals surface area contributed by atoms with Crippen molar-refractivity contribution in [3.05, 3.63) is 29.3 Å². The van der Waals surface area contributed by atoms with E-state index in [1.54, 1.807) is 0 Å². The van der Waals surface area contributed by atoms with Gasteiger partial charge >= 0.3 is 0 Å². The van der Waals surface area contributed by atoms with Crippen LogP contribution in [0.3, 0.4) is 0 Å². The van der Waals surface area contributed by atoms with Gasteiger partial charge in [0.1, 0.15) is 0 Å². The summed E-state index contributed by atoms with van der Waals surface area (Å²) in [4.78, 5) is 27.1. The molecule has 1 aromatic carbocycles. The Balaban J connectivity index is 0.00000196. The first-order valence-corrected chi connectivity index (χ1v) is 9.60. The van der Waals surface area contributed by atoms with Crippen molar-refractivity contribution in [3.8, 4) is 0 Å². The van der Waals surface area contributed by atoms with Crippen LogP contribution in [0.5, 0.6) is 0 Å². The molecule has 2 atom stereocenters. The van der Waals surface area contributed by atoms with Crippen molar-refractivity contribution in [2.45, 2.75) is 63.5 Å². The zero-order chi connectivity index (χ0) is 17.4. The number of aryl methyl sites for hydroxylation is 1. The normalized spacial score (nSPS) is 25.7. The van der Waals surface area contributed by atoms with Crippen molar-refractivity contribution in [3.63, 3.8) is 0 Å². The number of amides is 2. The minimum Gasteiger partial charge on any atom is -0.399 e. The van der Waals surface area contributed by atoms with Gasteiger partial charge in [0.15, 0.2) is 0 Å². The molecule has 1 aromatic rings. The van der Waals surface area contributed by atoms with E-state index in [9.17, 15) is 9.59 Å². The topological polar surface area (TPSA) is 75.4 Å². The molecular formula is C20H28ClN3O2. The first-order valence-electron chi connectivity index (χ1n) is 9.60. The van der Waals surface area contributed by atoms with E-state index in [-0.39, 0.29) is 36.2 Å². The van der Waals surface area contributed by atoms with Gasteiger partial charge in [0.2, 0.25) is 11.8 Å². The Labute approximate surface area is 161 Å². The number of hydrogen-bond acceptors (Lipinski definition) is 3. The van der Waals surface area contributed by atoms with Crippen LogP contribution in [0.15, 0.2) is 18.2 Å². The molecule has 2 unspecified atom stereocenters. The van der Waals surface area contributed by atoms with Crippen molar-refractivity contribution in [2.75, 3.05) is 12.3 Å². The van der Waals surface area contributed by atoms with Gasteiger partial charge in [-0.3, -0.25) is 9.59 Å². The quantitative estimate of drug-likeness (QED) is 0.795. The number of carbonyl (C=O) groups is 2. The third-order valence-electron chi connectivity index (χ3n) is 6.09. The van der Waals surface area contributed by atoms with Crippen LogP contribution in [0.1, 0.15) is 62.1 Å². The third kappa shape index (κ3) is 3.68. The molecule has 0 radical (unpaired) electrons. The minimum atomic E-state index is -0.202. The smallest absolute Gasteiger partial charge is 0.225 e. The van der Waals surface area contributed by atoms with Crippen LogP contribution in [0.2, 0.25) is 0 Å². The van der Waals surface area contributed by atoms with Crippen LogP contribution in [0.4, 0.5) is 5.69 Å². The lowest BCUT2D eigenvalue weighted by Crippen LogP contribution is -2.38. The number of hydrogen-bond donors (Lipinski definition) is 2. The molecule has 1 saturated heterocycles. The summed E-state index contributed by atoms with van der Waals surface area (Å²) in [5.41, 5.74) is 9.09. The molecule has 1 heterocycles. The molecule has 0 bridgehead atoms. The largest absolute Gasteiger partial charge is 0.399 e. The van der Waals surface area contributed by atoms with Crippen molar-refractivity contribution >= 4 is 29.9 Å². The van der Waals surface area contributed by atoms with Gasteiger partial charge in [-0.05, 0) is 55.4 Å². The Kier molecular flexibility index (Phi) is 5.76. The standard InChI is InChI=1S/C20H27N3O2.ClH/c21-15-8-9-17-13(10-15)4-3-7-18(17)22-20(25)14-11-19(24)23(12-14)16-5-1-2-6-16;/h8-10,14,16,18H,1-7,11-12,21H2,(H,22,25);1H. The SMILES string of the molecule is Cl.Nc1ccc2c(c1)CCCC2NC(=O)C1CC(=O)N(C2CCCC2)C1. The van der Waals surface area contributed by atoms with Gasteiger partial charge in [-0.1, -0.05) is 18.9 Å². The summed E-state index contributed by atoms with van der Waals surface area (Å²) in [6.07, 6.45) is 7.98. The molecular weight excluding hydrogens is 350 g/mol. The van der Waals surface area contributed by atoms with Crippen molar-refractivity contribution < 1.29 is 9.59 Å². The number of halogens is 1. The highest BCUT2D eigenvalue weighted by atomic mass is 35.5. The zero-order valence-electron chi connectivity index (χ0n) is 15.1. The second kappa shape index (κ2) is 7.87. The summed E-state index contributed by atoms with van der Waals surface area (Å²) < 4.78 is 0. The summed E-state index contributed by atoms with van der Waals surface area (Å²) in [6, 6.07) is 6.38. The predicted molar refractivity (Wildman–Crippen MR) is 104 cm³/mol. The molecule has 26 heavy (non-hydrogen) atoms. The molecule has 3 aliphatic rings. The molecule has 2 fully saturated rings. The van der Waals surface area contributed by atoms with Crippen LogP contribution in [-0.4, -0.2) is 29.3 Å². The van der Waals surface area contributed by atoms with E-state index in [0.29, 0.717) is 19.0 Å². The van der Waals surface area contributed by atoms with Gasteiger partial charge in [-0.25, -0.2) is 0 Å². The maximum atomic E-state index is 12.8. The summed E-state index contributed by atoms with van der Waals surface area (Å²) >= 11 is 0. The first kappa shape index (κ1) is 19.0. The lowest BCUT2D eigenvalue weighted by Gasteiger charge is -2.28. The second-order valence-electron chi connectivity index (χ2n) is 7.80. The number of fused-ring (bicyclic) bond motifs is 1. The van der Waals surface area contributed by atoms with Crippen LogP contribution in [0, 0.1) is 5.92 Å². The lowest BCUT2D eigenvalue weighted by atomic mass is 9.87. The molecule has 1 aliphatic heterocycles. The molecule has 5 nitrogen and oxygen atoms in total. The number of nitrogens with one attached hydrogen (secondary N) is 1. The Hall–Kier alpha value is -1.75. The number of rotatable bonds is 3. The highest BCUT2D eigenvalue weighted by molar-refractivity contribution is 5.89. The fourth-order valence-corrected chi connectivity index (χ4v) is 4.75. The zero-order valence-corrected chi connectivity index (χ0v) is 15.9. The van der Waals surface area contributed by atoms with E-state index in [4.69, 9.17) is 5.73 Å². The monoisotopic (exact) mass is 377 g/mol. The van der Waals surface area contributed by atoms with E-state index in [1.807, 2.05) is 23.1 Å². The maximum absolute atomic E-state index is 12.8. The van der Waals surface area contributed by atoms with E-state index in [0.717, 1.165) is 37.8 Å². The van der Waals surface area contributed by atoms with Crippen molar-refractivity contribution in [2.24, 2.45) is 5.92 Å². The van der Waals surface area contributed by atoms with E-state index < -0.39 is 0 Å². The van der Waals surface area contributed by atoms with E-state index >= 15 is 0 Å². The summed E-state index contributed by atoms with van der Waals surface area (Å²) in [7, 11) is 0. The number of carbonyl (C=O) groups excluding carboxylic acids is 2. The number of likely N-dealkylation sites (tertiary alicyclic amines) is 1. The van der Waals surface area contributed by atoms with E-state index in [2.05, 4.69) is 5.32 Å². The fraction of sp³-hybridized carbons (Fsp3) is 0.600. The average Bonchev–Trinajstić information content (AvgIpc) is 3.24. The fourth-order valence-electron chi connectivity index (χ4n) is 4.75. The van der Waals surface area contributed by atoms with Gasteiger partial charge in [0.25, 0.3) is 0 Å².